The summed E-state index contributed by atoms with van der Waals surface area (Å²) < 4.78 is 42.8. The second-order valence-corrected chi connectivity index (χ2v) is 7.45. The Labute approximate surface area is 134 Å². The lowest BCUT2D eigenvalue weighted by atomic mass is 9.76. The number of β-amino-alcohol motifs (C(OH)–C–C–N with tert-alkyl or cyclic N) is 1. The van der Waals surface area contributed by atoms with Crippen LogP contribution in [0.4, 0.5) is 18.0 Å². The molecule has 2 aliphatic rings. The second kappa shape index (κ2) is 6.12. The number of amides is 1. The molecule has 0 aromatic rings. The van der Waals surface area contributed by atoms with Crippen molar-refractivity contribution in [1.82, 2.24) is 9.80 Å². The van der Waals surface area contributed by atoms with E-state index in [0.29, 0.717) is 32.5 Å². The average molecular weight is 338 g/mol. The summed E-state index contributed by atoms with van der Waals surface area (Å²) in [5.74, 6) is 0. The fourth-order valence-electron chi connectivity index (χ4n) is 3.18. The Morgan fingerprint density at radius 3 is 2.09 bits per heavy atom. The number of hydrogen-bond donors (Lipinski definition) is 1. The second-order valence-electron chi connectivity index (χ2n) is 7.45. The molecule has 0 aromatic carbocycles. The molecule has 2 aliphatic heterocycles. The van der Waals surface area contributed by atoms with Crippen LogP contribution in [-0.4, -0.2) is 70.6 Å². The minimum atomic E-state index is -4.59. The van der Waals surface area contributed by atoms with Crippen LogP contribution in [0.3, 0.4) is 0 Å². The maximum absolute atomic E-state index is 12.5. The largest absolute Gasteiger partial charge is 0.444 e. The van der Waals surface area contributed by atoms with E-state index in [-0.39, 0.29) is 11.6 Å². The van der Waals surface area contributed by atoms with E-state index in [4.69, 9.17) is 4.74 Å². The molecular weight excluding hydrogens is 313 g/mol. The maximum Gasteiger partial charge on any atom is 0.415 e. The highest BCUT2D eigenvalue weighted by atomic mass is 19.4. The van der Waals surface area contributed by atoms with Crippen LogP contribution in [0.15, 0.2) is 0 Å². The Morgan fingerprint density at radius 2 is 1.70 bits per heavy atom. The van der Waals surface area contributed by atoms with Crippen molar-refractivity contribution in [3.8, 4) is 0 Å². The van der Waals surface area contributed by atoms with Crippen LogP contribution in [0.1, 0.15) is 40.0 Å². The van der Waals surface area contributed by atoms with E-state index in [0.717, 1.165) is 6.42 Å². The SMILES string of the molecule is CC(C)(C)OC(=O)N1CCC2(CC1)CCN2CC(O)C(F)(F)F. The third-order valence-electron chi connectivity index (χ3n) is 4.63. The van der Waals surface area contributed by atoms with E-state index < -0.39 is 24.4 Å². The number of aliphatic hydroxyl groups excluding tert-OH is 1. The molecule has 1 atom stereocenters. The molecule has 2 heterocycles. The lowest BCUT2D eigenvalue weighted by Gasteiger charge is -2.57. The summed E-state index contributed by atoms with van der Waals surface area (Å²) >= 11 is 0. The summed E-state index contributed by atoms with van der Waals surface area (Å²) in [5, 5.41) is 9.25. The Balaban J connectivity index is 1.87. The van der Waals surface area contributed by atoms with Crippen LogP contribution >= 0.6 is 0 Å². The van der Waals surface area contributed by atoms with Gasteiger partial charge in [-0.1, -0.05) is 0 Å². The first kappa shape index (κ1) is 18.3. The highest BCUT2D eigenvalue weighted by molar-refractivity contribution is 5.68. The predicted molar refractivity (Wildman–Crippen MR) is 78.0 cm³/mol. The predicted octanol–water partition coefficient (Wildman–Crippen LogP) is 2.39. The molecule has 0 bridgehead atoms. The maximum atomic E-state index is 12.5. The van der Waals surface area contributed by atoms with Gasteiger partial charge in [0.05, 0.1) is 0 Å². The standard InChI is InChI=1S/C15H25F3N2O3/c1-13(2,3)23-12(22)19-7-4-14(5-8-19)6-9-20(14)10-11(21)15(16,17)18/h11,21H,4-10H2,1-3H3. The molecule has 8 heteroatoms. The van der Waals surface area contributed by atoms with Crippen molar-refractivity contribution in [2.75, 3.05) is 26.2 Å². The number of hydrogen-bond acceptors (Lipinski definition) is 4. The number of piperidine rings is 1. The van der Waals surface area contributed by atoms with Crippen LogP contribution in [0.5, 0.6) is 0 Å². The van der Waals surface area contributed by atoms with Crippen LogP contribution in [0.25, 0.3) is 0 Å². The normalized spacial score (nSPS) is 23.5. The van der Waals surface area contributed by atoms with Gasteiger partial charge in [-0.05, 0) is 40.0 Å². The van der Waals surface area contributed by atoms with Gasteiger partial charge in [-0.2, -0.15) is 13.2 Å². The summed E-state index contributed by atoms with van der Waals surface area (Å²) in [5.41, 5.74) is -0.879. The van der Waals surface area contributed by atoms with E-state index in [9.17, 15) is 23.1 Å². The van der Waals surface area contributed by atoms with Gasteiger partial charge in [0, 0.05) is 31.7 Å². The monoisotopic (exact) mass is 338 g/mol. The topological polar surface area (TPSA) is 53.0 Å². The molecular formula is C15H25F3N2O3. The van der Waals surface area contributed by atoms with Crippen LogP contribution in [-0.2, 0) is 4.74 Å². The fraction of sp³-hybridized carbons (Fsp3) is 0.933. The van der Waals surface area contributed by atoms with E-state index in [1.165, 1.54) is 0 Å². The quantitative estimate of drug-likeness (QED) is 0.840. The van der Waals surface area contributed by atoms with Gasteiger partial charge in [-0.15, -0.1) is 0 Å². The molecule has 0 saturated carbocycles. The van der Waals surface area contributed by atoms with E-state index in [1.54, 1.807) is 30.6 Å². The van der Waals surface area contributed by atoms with Gasteiger partial charge in [-0.25, -0.2) is 4.79 Å². The van der Waals surface area contributed by atoms with Gasteiger partial charge < -0.3 is 14.7 Å². The van der Waals surface area contributed by atoms with Gasteiger partial charge in [0.1, 0.15) is 5.60 Å². The molecule has 5 nitrogen and oxygen atoms in total. The summed E-state index contributed by atoms with van der Waals surface area (Å²) in [6.07, 6.45) is -5.27. The summed E-state index contributed by atoms with van der Waals surface area (Å²) in [4.78, 5) is 15.3. The Morgan fingerprint density at radius 1 is 1.17 bits per heavy atom. The average Bonchev–Trinajstić information content (AvgIpc) is 2.40. The first-order valence-corrected chi connectivity index (χ1v) is 7.91. The molecule has 1 unspecified atom stereocenters. The number of nitrogens with zero attached hydrogens (tertiary/aromatic N) is 2. The molecule has 1 amide bonds. The fourth-order valence-corrected chi connectivity index (χ4v) is 3.18. The molecule has 0 radical (unpaired) electrons. The molecule has 134 valence electrons. The van der Waals surface area contributed by atoms with E-state index in [2.05, 4.69) is 0 Å². The molecule has 1 N–H and O–H groups in total. The zero-order valence-corrected chi connectivity index (χ0v) is 13.8. The smallest absolute Gasteiger partial charge is 0.415 e. The van der Waals surface area contributed by atoms with Crippen molar-refractivity contribution in [1.29, 1.82) is 0 Å². The van der Waals surface area contributed by atoms with Crippen molar-refractivity contribution in [2.24, 2.45) is 0 Å². The Bertz CT molecular complexity index is 440. The minimum Gasteiger partial charge on any atom is -0.444 e. The zero-order valence-electron chi connectivity index (χ0n) is 13.8. The summed E-state index contributed by atoms with van der Waals surface area (Å²) in [6.45, 7) is 6.48. The van der Waals surface area contributed by atoms with Crippen molar-refractivity contribution >= 4 is 6.09 Å². The van der Waals surface area contributed by atoms with E-state index in [1.807, 2.05) is 0 Å². The van der Waals surface area contributed by atoms with Gasteiger partial charge in [0.2, 0.25) is 0 Å². The zero-order chi connectivity index (χ0) is 17.5. The lowest BCUT2D eigenvalue weighted by molar-refractivity contribution is -0.219. The number of ether oxygens (including phenoxy) is 1. The lowest BCUT2D eigenvalue weighted by Crippen LogP contribution is -2.66. The molecule has 0 aliphatic carbocycles. The van der Waals surface area contributed by atoms with Crippen LogP contribution in [0, 0.1) is 0 Å². The number of carbonyl (C=O) groups is 1. The number of rotatable bonds is 2. The van der Waals surface area contributed by atoms with Crippen LogP contribution in [0.2, 0.25) is 0 Å². The number of alkyl halides is 3. The van der Waals surface area contributed by atoms with Crippen molar-refractivity contribution in [3.05, 3.63) is 0 Å². The summed E-state index contributed by atoms with van der Waals surface area (Å²) in [7, 11) is 0. The molecule has 2 saturated heterocycles. The third kappa shape index (κ3) is 4.29. The molecule has 1 spiro atoms. The van der Waals surface area contributed by atoms with E-state index >= 15 is 0 Å². The van der Waals surface area contributed by atoms with Crippen LogP contribution < -0.4 is 0 Å². The highest BCUT2D eigenvalue weighted by Crippen LogP contribution is 2.41. The number of likely N-dealkylation sites (tertiary alicyclic amines) is 2. The molecule has 0 aromatic heterocycles. The van der Waals surface area contributed by atoms with Gasteiger partial charge in [-0.3, -0.25) is 4.90 Å². The number of aliphatic hydroxyl groups is 1. The molecule has 23 heavy (non-hydrogen) atoms. The Kier molecular flexibility index (Phi) is 4.88. The number of halogens is 3. The van der Waals surface area contributed by atoms with Gasteiger partial charge in [0.15, 0.2) is 6.10 Å². The first-order chi connectivity index (χ1) is 10.4. The van der Waals surface area contributed by atoms with Crippen molar-refractivity contribution < 1.29 is 27.8 Å². The Hall–Kier alpha value is -1.02. The van der Waals surface area contributed by atoms with Gasteiger partial charge in [0.25, 0.3) is 0 Å². The highest BCUT2D eigenvalue weighted by Gasteiger charge is 2.50. The summed E-state index contributed by atoms with van der Waals surface area (Å²) in [6, 6.07) is 0. The minimum absolute atomic E-state index is 0.315. The third-order valence-corrected chi connectivity index (χ3v) is 4.63. The van der Waals surface area contributed by atoms with Gasteiger partial charge >= 0.3 is 12.3 Å². The number of carbonyl (C=O) groups excluding carboxylic acids is 1. The molecule has 2 rings (SSSR count). The molecule has 2 fully saturated rings. The van der Waals surface area contributed by atoms with Crippen molar-refractivity contribution in [2.45, 2.75) is 63.5 Å². The first-order valence-electron chi connectivity index (χ1n) is 7.91. The van der Waals surface area contributed by atoms with Crippen molar-refractivity contribution in [3.63, 3.8) is 0 Å².